The molecule has 2 aromatic rings. The number of nitrogens with zero attached hydrogens (tertiary/aromatic N) is 2. The van der Waals surface area contributed by atoms with Gasteiger partial charge in [-0.15, -0.1) is 0 Å². The molecule has 0 amide bonds. The van der Waals surface area contributed by atoms with Gasteiger partial charge >= 0.3 is 5.69 Å². The molecule has 0 N–H and O–H groups in total. The molecule has 0 bridgehead atoms. The van der Waals surface area contributed by atoms with Crippen molar-refractivity contribution in [3.05, 3.63) is 35.3 Å². The van der Waals surface area contributed by atoms with E-state index in [1.807, 2.05) is 6.07 Å². The van der Waals surface area contributed by atoms with Gasteiger partial charge in [-0.2, -0.15) is 0 Å². The third kappa shape index (κ3) is 1.44. The minimum atomic E-state index is -0.307. The van der Waals surface area contributed by atoms with E-state index in [9.17, 15) is 5.11 Å². The number of hydrogen-bond donors (Lipinski definition) is 0. The van der Waals surface area contributed by atoms with E-state index in [0.29, 0.717) is 11.1 Å². The minimum absolute atomic E-state index is 0.0476. The first-order valence-electron chi connectivity index (χ1n) is 4.39. The largest absolute Gasteiger partial charge is 0.867 e. The van der Waals surface area contributed by atoms with E-state index in [-0.39, 0.29) is 11.4 Å². The Morgan fingerprint density at radius 1 is 1.27 bits per heavy atom. The van der Waals surface area contributed by atoms with E-state index in [0.717, 1.165) is 5.39 Å². The highest BCUT2D eigenvalue weighted by Gasteiger charge is 2.13. The van der Waals surface area contributed by atoms with E-state index in [2.05, 4.69) is 4.98 Å². The smallest absolute Gasteiger partial charge is 0.385 e. The summed E-state index contributed by atoms with van der Waals surface area (Å²) in [6.45, 7) is 0. The predicted octanol–water partition coefficient (Wildman–Crippen LogP) is 2.41. The summed E-state index contributed by atoms with van der Waals surface area (Å²) in [7, 11) is 1.54. The predicted molar refractivity (Wildman–Crippen MR) is 54.7 cm³/mol. The Labute approximate surface area is 86.3 Å². The fourth-order valence-electron chi connectivity index (χ4n) is 1.49. The number of fused-ring (bicyclic) bond motifs is 1. The Hall–Kier alpha value is -2.28. The zero-order valence-electron chi connectivity index (χ0n) is 8.10. The van der Waals surface area contributed by atoms with Gasteiger partial charge in [-0.3, -0.25) is 0 Å². The van der Waals surface area contributed by atoms with Crippen LogP contribution in [0.1, 0.15) is 0 Å². The van der Waals surface area contributed by atoms with Gasteiger partial charge in [0.2, 0.25) is 5.39 Å². The summed E-state index contributed by atoms with van der Waals surface area (Å²) in [5.41, 5.74) is 0.0476. The van der Waals surface area contributed by atoms with E-state index in [1.165, 1.54) is 13.2 Å². The molecular formula is C11H8N2O2. The molecule has 0 radical (unpaired) electrons. The zero-order valence-corrected chi connectivity index (χ0v) is 8.10. The van der Waals surface area contributed by atoms with Gasteiger partial charge in [0, 0.05) is 0 Å². The molecule has 0 atom stereocenters. The molecule has 4 nitrogen and oxygen atoms in total. The highest BCUT2D eigenvalue weighted by Crippen LogP contribution is 2.35. The molecule has 0 saturated heterocycles. The van der Waals surface area contributed by atoms with Crippen LogP contribution in [0, 0.1) is 5.39 Å². The number of hydrogen-bond acceptors (Lipinski definition) is 3. The van der Waals surface area contributed by atoms with Gasteiger partial charge in [-0.1, -0.05) is 18.2 Å². The lowest BCUT2D eigenvalue weighted by Crippen LogP contribution is -1.90. The second-order valence-corrected chi connectivity index (χ2v) is 3.10. The van der Waals surface area contributed by atoms with Gasteiger partial charge < -0.3 is 9.84 Å². The lowest BCUT2D eigenvalue weighted by molar-refractivity contribution is -0.266. The van der Waals surface area contributed by atoms with Gasteiger partial charge in [0.15, 0.2) is 4.98 Å². The lowest BCUT2D eigenvalue weighted by atomic mass is 10.1. The van der Waals surface area contributed by atoms with Gasteiger partial charge in [0.05, 0.1) is 12.5 Å². The fourth-order valence-corrected chi connectivity index (χ4v) is 1.49. The number of diazo groups is 1. The number of ether oxygens (including phenoxy) is 1. The summed E-state index contributed by atoms with van der Waals surface area (Å²) in [5.74, 6) is 0.316. The fraction of sp³-hybridized carbons (Fsp3) is 0.0909. The third-order valence-corrected chi connectivity index (χ3v) is 2.26. The van der Waals surface area contributed by atoms with Crippen LogP contribution in [0.15, 0.2) is 30.3 Å². The Morgan fingerprint density at radius 3 is 2.67 bits per heavy atom. The highest BCUT2D eigenvalue weighted by atomic mass is 16.5. The molecule has 0 fully saturated rings. The molecule has 0 aliphatic carbocycles. The molecule has 15 heavy (non-hydrogen) atoms. The second kappa shape index (κ2) is 3.46. The van der Waals surface area contributed by atoms with Crippen molar-refractivity contribution in [2.24, 2.45) is 0 Å². The molecule has 0 aliphatic heterocycles. The number of benzene rings is 2. The van der Waals surface area contributed by atoms with Crippen molar-refractivity contribution in [3.8, 4) is 11.5 Å². The first-order valence-corrected chi connectivity index (χ1v) is 4.39. The van der Waals surface area contributed by atoms with Crippen LogP contribution in [-0.4, -0.2) is 7.11 Å². The van der Waals surface area contributed by atoms with Crippen molar-refractivity contribution in [3.63, 3.8) is 0 Å². The maximum atomic E-state index is 11.4. The van der Waals surface area contributed by atoms with Gasteiger partial charge in [-0.05, 0) is 23.3 Å². The van der Waals surface area contributed by atoms with Crippen molar-refractivity contribution in [1.29, 1.82) is 5.39 Å². The number of rotatable bonds is 1. The first-order chi connectivity index (χ1) is 7.26. The van der Waals surface area contributed by atoms with Crippen LogP contribution in [-0.2, 0) is 0 Å². The van der Waals surface area contributed by atoms with Crippen molar-refractivity contribution >= 4 is 16.5 Å². The molecule has 0 heterocycles. The Bertz CT molecular complexity index is 558. The summed E-state index contributed by atoms with van der Waals surface area (Å²) < 4.78 is 5.04. The molecule has 2 aromatic carbocycles. The highest BCUT2D eigenvalue weighted by molar-refractivity contribution is 5.97. The van der Waals surface area contributed by atoms with Gasteiger partial charge in [0.1, 0.15) is 5.75 Å². The molecule has 2 rings (SSSR count). The van der Waals surface area contributed by atoms with Crippen molar-refractivity contribution < 1.29 is 9.84 Å². The first kappa shape index (κ1) is 9.28. The Kier molecular flexibility index (Phi) is 2.14. The zero-order chi connectivity index (χ0) is 10.8. The summed E-state index contributed by atoms with van der Waals surface area (Å²) in [4.78, 5) is 3.01. The summed E-state index contributed by atoms with van der Waals surface area (Å²) in [6.07, 6.45) is 0. The van der Waals surface area contributed by atoms with E-state index >= 15 is 0 Å². The van der Waals surface area contributed by atoms with Crippen LogP contribution < -0.4 is 9.84 Å². The molecule has 0 spiro atoms. The van der Waals surface area contributed by atoms with E-state index < -0.39 is 0 Å². The van der Waals surface area contributed by atoms with Crippen LogP contribution >= 0.6 is 0 Å². The monoisotopic (exact) mass is 200 g/mol. The van der Waals surface area contributed by atoms with Crippen LogP contribution in [0.4, 0.5) is 5.69 Å². The maximum absolute atomic E-state index is 11.4. The molecule has 74 valence electrons. The van der Waals surface area contributed by atoms with Crippen LogP contribution in [0.5, 0.6) is 11.5 Å². The Morgan fingerprint density at radius 2 is 2.00 bits per heavy atom. The average Bonchev–Trinajstić information content (AvgIpc) is 2.28. The van der Waals surface area contributed by atoms with Crippen LogP contribution in [0.25, 0.3) is 15.7 Å². The van der Waals surface area contributed by atoms with Gasteiger partial charge in [0.25, 0.3) is 0 Å². The molecule has 0 saturated carbocycles. The normalized spacial score (nSPS) is 9.87. The molecular weight excluding hydrogens is 192 g/mol. The molecule has 0 unspecified atom stereocenters. The van der Waals surface area contributed by atoms with Crippen molar-refractivity contribution in [2.45, 2.75) is 0 Å². The minimum Gasteiger partial charge on any atom is -0.867 e. The summed E-state index contributed by atoms with van der Waals surface area (Å²) in [6, 6.07) is 8.33. The number of methoxy groups -OCH3 is 1. The topological polar surface area (TPSA) is 60.4 Å². The molecule has 0 aromatic heterocycles. The average molecular weight is 200 g/mol. The van der Waals surface area contributed by atoms with Crippen LogP contribution in [0.3, 0.4) is 0 Å². The summed E-state index contributed by atoms with van der Waals surface area (Å²) in [5, 5.41) is 21.6. The van der Waals surface area contributed by atoms with Gasteiger partial charge in [-0.25, -0.2) is 0 Å². The Balaban J connectivity index is 2.83. The van der Waals surface area contributed by atoms with E-state index in [4.69, 9.17) is 10.1 Å². The third-order valence-electron chi connectivity index (χ3n) is 2.26. The standard InChI is InChI=1S/C11H8N2O2/c1-15-8-4-2-7-3-5-10(14)11(13-12)9(7)6-8/h2-6H,1H3. The maximum Gasteiger partial charge on any atom is 0.385 e. The van der Waals surface area contributed by atoms with Crippen molar-refractivity contribution in [1.82, 2.24) is 0 Å². The SMILES string of the molecule is COc1ccc2ccc([O-])c([N+]#N)c2c1. The summed E-state index contributed by atoms with van der Waals surface area (Å²) >= 11 is 0. The quantitative estimate of drug-likeness (QED) is 0.664. The molecule has 4 heteroatoms. The van der Waals surface area contributed by atoms with Crippen LogP contribution in [0.2, 0.25) is 0 Å². The molecule has 0 aliphatic rings. The second-order valence-electron chi connectivity index (χ2n) is 3.10. The van der Waals surface area contributed by atoms with E-state index in [1.54, 1.807) is 18.2 Å². The van der Waals surface area contributed by atoms with Crippen molar-refractivity contribution in [2.75, 3.05) is 7.11 Å². The lowest BCUT2D eigenvalue weighted by Gasteiger charge is -2.04.